The number of pyridine rings is 2. The van der Waals surface area contributed by atoms with Crippen LogP contribution in [0.1, 0.15) is 35.8 Å². The van der Waals surface area contributed by atoms with Crippen LogP contribution in [0.5, 0.6) is 0 Å². The average Bonchev–Trinajstić information content (AvgIpc) is 2.41. The third kappa shape index (κ3) is 2.52. The predicted molar refractivity (Wildman–Crippen MR) is 75.3 cm³/mol. The summed E-state index contributed by atoms with van der Waals surface area (Å²) >= 11 is 0. The third-order valence-corrected chi connectivity index (χ3v) is 3.58. The molecule has 2 aromatic heterocycles. The summed E-state index contributed by atoms with van der Waals surface area (Å²) in [5, 5.41) is 3.50. The van der Waals surface area contributed by atoms with Gasteiger partial charge in [-0.2, -0.15) is 0 Å². The van der Waals surface area contributed by atoms with Crippen LogP contribution < -0.4 is 10.9 Å². The predicted octanol–water partition coefficient (Wildman–Crippen LogP) is 2.57. The number of nitrogens with one attached hydrogen (secondary N) is 2. The van der Waals surface area contributed by atoms with E-state index in [-0.39, 0.29) is 11.6 Å². The van der Waals surface area contributed by atoms with Crippen LogP contribution in [0.15, 0.2) is 35.3 Å². The van der Waals surface area contributed by atoms with E-state index in [0.29, 0.717) is 0 Å². The van der Waals surface area contributed by atoms with Crippen LogP contribution in [-0.2, 0) is 6.42 Å². The molecule has 0 saturated heterocycles. The lowest BCUT2D eigenvalue weighted by atomic mass is 9.91. The number of aryl methyl sites for hydroxylation is 2. The van der Waals surface area contributed by atoms with Crippen molar-refractivity contribution in [3.63, 3.8) is 0 Å². The zero-order valence-electron chi connectivity index (χ0n) is 10.9. The van der Waals surface area contributed by atoms with Crippen molar-refractivity contribution in [2.45, 2.75) is 32.2 Å². The second-order valence-corrected chi connectivity index (χ2v) is 5.03. The van der Waals surface area contributed by atoms with Gasteiger partial charge in [0.15, 0.2) is 0 Å². The molecule has 3 rings (SSSR count). The fourth-order valence-corrected chi connectivity index (χ4v) is 2.60. The molecule has 19 heavy (non-hydrogen) atoms. The molecule has 0 spiro atoms. The van der Waals surface area contributed by atoms with E-state index < -0.39 is 0 Å². The van der Waals surface area contributed by atoms with Gasteiger partial charge in [0, 0.05) is 17.5 Å². The fraction of sp³-hybridized carbons (Fsp3) is 0.333. The maximum Gasteiger partial charge on any atom is 0.248 e. The molecule has 0 fully saturated rings. The fourth-order valence-electron chi connectivity index (χ4n) is 2.60. The molecule has 2 N–H and O–H groups in total. The molecule has 0 radical (unpaired) electrons. The molecule has 2 heterocycles. The molecule has 4 heteroatoms. The molecule has 0 amide bonds. The number of anilines is 1. The van der Waals surface area contributed by atoms with E-state index in [1.165, 1.54) is 5.56 Å². The molecule has 1 aliphatic rings. The van der Waals surface area contributed by atoms with Crippen molar-refractivity contribution in [2.24, 2.45) is 0 Å². The van der Waals surface area contributed by atoms with Crippen molar-refractivity contribution in [1.29, 1.82) is 0 Å². The summed E-state index contributed by atoms with van der Waals surface area (Å²) in [6.45, 7) is 1.98. The Bertz CT molecular complexity index is 631. The second kappa shape index (κ2) is 4.88. The molecule has 0 bridgehead atoms. The van der Waals surface area contributed by atoms with Crippen LogP contribution in [0.25, 0.3) is 0 Å². The number of hydrogen-bond acceptors (Lipinski definition) is 3. The molecule has 98 valence electrons. The molecule has 0 aliphatic heterocycles. The van der Waals surface area contributed by atoms with Gasteiger partial charge in [-0.3, -0.25) is 9.78 Å². The number of aromatic nitrogens is 2. The van der Waals surface area contributed by atoms with Crippen molar-refractivity contribution in [1.82, 2.24) is 9.97 Å². The Morgan fingerprint density at radius 2 is 2.21 bits per heavy atom. The Hall–Kier alpha value is -2.10. The van der Waals surface area contributed by atoms with Gasteiger partial charge >= 0.3 is 0 Å². The minimum Gasteiger partial charge on any atom is -0.377 e. The minimum atomic E-state index is -0.0172. The van der Waals surface area contributed by atoms with E-state index in [2.05, 4.69) is 15.3 Å². The largest absolute Gasteiger partial charge is 0.377 e. The van der Waals surface area contributed by atoms with Crippen LogP contribution >= 0.6 is 0 Å². The Morgan fingerprint density at radius 3 is 3.00 bits per heavy atom. The molecule has 1 atom stereocenters. The SMILES string of the molecule is Cc1ccc(NC2CCCc3[nH]c(=O)ccc32)cn1. The normalized spacial score (nSPS) is 17.8. The first kappa shape index (κ1) is 12.0. The maximum atomic E-state index is 11.4. The summed E-state index contributed by atoms with van der Waals surface area (Å²) in [4.78, 5) is 18.6. The maximum absolute atomic E-state index is 11.4. The molecule has 2 aromatic rings. The van der Waals surface area contributed by atoms with Gasteiger partial charge in [0.25, 0.3) is 0 Å². The van der Waals surface area contributed by atoms with Gasteiger partial charge in [-0.05, 0) is 49.9 Å². The van der Waals surface area contributed by atoms with E-state index in [4.69, 9.17) is 0 Å². The van der Waals surface area contributed by atoms with Crippen LogP contribution in [-0.4, -0.2) is 9.97 Å². The quantitative estimate of drug-likeness (QED) is 0.867. The van der Waals surface area contributed by atoms with Crippen LogP contribution in [0.4, 0.5) is 5.69 Å². The Balaban J connectivity index is 1.87. The third-order valence-electron chi connectivity index (χ3n) is 3.58. The van der Waals surface area contributed by atoms with Gasteiger partial charge in [-0.1, -0.05) is 0 Å². The van der Waals surface area contributed by atoms with Crippen molar-refractivity contribution in [3.8, 4) is 0 Å². The van der Waals surface area contributed by atoms with Gasteiger partial charge in [-0.15, -0.1) is 0 Å². The number of fused-ring (bicyclic) bond motifs is 1. The highest BCUT2D eigenvalue weighted by Crippen LogP contribution is 2.30. The number of H-pyrrole nitrogens is 1. The summed E-state index contributed by atoms with van der Waals surface area (Å²) in [5.41, 5.74) is 4.28. The number of hydrogen-bond donors (Lipinski definition) is 2. The monoisotopic (exact) mass is 255 g/mol. The van der Waals surface area contributed by atoms with Crippen molar-refractivity contribution < 1.29 is 0 Å². The van der Waals surface area contributed by atoms with Gasteiger partial charge in [0.1, 0.15) is 0 Å². The van der Waals surface area contributed by atoms with E-state index in [1.54, 1.807) is 6.07 Å². The lowest BCUT2D eigenvalue weighted by Crippen LogP contribution is -2.21. The summed E-state index contributed by atoms with van der Waals surface area (Å²) < 4.78 is 0. The zero-order chi connectivity index (χ0) is 13.2. The highest BCUT2D eigenvalue weighted by atomic mass is 16.1. The number of nitrogens with zero attached hydrogens (tertiary/aromatic N) is 1. The van der Waals surface area contributed by atoms with Gasteiger partial charge in [0.2, 0.25) is 5.56 Å². The summed E-state index contributed by atoms with van der Waals surface area (Å²) in [6.07, 6.45) is 4.97. The lowest BCUT2D eigenvalue weighted by molar-refractivity contribution is 0.586. The van der Waals surface area contributed by atoms with E-state index in [1.807, 2.05) is 31.3 Å². The van der Waals surface area contributed by atoms with Crippen molar-refractivity contribution in [3.05, 3.63) is 57.8 Å². The topological polar surface area (TPSA) is 57.8 Å². The van der Waals surface area contributed by atoms with E-state index in [9.17, 15) is 4.79 Å². The second-order valence-electron chi connectivity index (χ2n) is 5.03. The minimum absolute atomic E-state index is 0.0172. The first-order valence-electron chi connectivity index (χ1n) is 6.64. The molecular formula is C15H17N3O. The molecular weight excluding hydrogens is 238 g/mol. The van der Waals surface area contributed by atoms with Crippen LogP contribution in [0, 0.1) is 6.92 Å². The molecule has 1 aliphatic carbocycles. The van der Waals surface area contributed by atoms with Gasteiger partial charge in [0.05, 0.1) is 17.9 Å². The van der Waals surface area contributed by atoms with Crippen molar-refractivity contribution >= 4 is 5.69 Å². The average molecular weight is 255 g/mol. The molecule has 1 unspecified atom stereocenters. The molecule has 0 aromatic carbocycles. The lowest BCUT2D eigenvalue weighted by Gasteiger charge is -2.26. The number of aromatic amines is 1. The highest BCUT2D eigenvalue weighted by molar-refractivity contribution is 5.45. The van der Waals surface area contributed by atoms with Crippen LogP contribution in [0.3, 0.4) is 0 Å². The summed E-state index contributed by atoms with van der Waals surface area (Å²) in [7, 11) is 0. The van der Waals surface area contributed by atoms with E-state index >= 15 is 0 Å². The molecule has 4 nitrogen and oxygen atoms in total. The van der Waals surface area contributed by atoms with Crippen LogP contribution in [0.2, 0.25) is 0 Å². The van der Waals surface area contributed by atoms with Gasteiger partial charge in [-0.25, -0.2) is 0 Å². The Kier molecular flexibility index (Phi) is 3.07. The summed E-state index contributed by atoms with van der Waals surface area (Å²) in [6, 6.07) is 7.84. The molecule has 0 saturated carbocycles. The summed E-state index contributed by atoms with van der Waals surface area (Å²) in [5.74, 6) is 0. The first-order valence-corrected chi connectivity index (χ1v) is 6.64. The van der Waals surface area contributed by atoms with Gasteiger partial charge < -0.3 is 10.3 Å². The Morgan fingerprint density at radius 1 is 1.32 bits per heavy atom. The zero-order valence-corrected chi connectivity index (χ0v) is 10.9. The first-order chi connectivity index (χ1) is 9.22. The smallest absolute Gasteiger partial charge is 0.248 e. The van der Waals surface area contributed by atoms with E-state index in [0.717, 1.165) is 36.3 Å². The Labute approximate surface area is 111 Å². The van der Waals surface area contributed by atoms with Crippen molar-refractivity contribution in [2.75, 3.05) is 5.32 Å². The number of rotatable bonds is 2. The highest BCUT2D eigenvalue weighted by Gasteiger charge is 2.20. The standard InChI is InChI=1S/C15H17N3O/c1-10-5-6-11(9-16-10)17-13-3-2-4-14-12(13)7-8-15(19)18-14/h5-9,13,17H,2-4H2,1H3,(H,18,19).